The highest BCUT2D eigenvalue weighted by Crippen LogP contribution is 2.32. The molecule has 6 nitrogen and oxygen atoms in total. The first-order chi connectivity index (χ1) is 14.1. The van der Waals surface area contributed by atoms with E-state index < -0.39 is 6.04 Å². The van der Waals surface area contributed by atoms with Gasteiger partial charge in [-0.15, -0.1) is 0 Å². The number of nitrogens with zero attached hydrogens (tertiary/aromatic N) is 1. The first-order valence-corrected chi connectivity index (χ1v) is 9.94. The number of ether oxygens (including phenoxy) is 1. The number of methoxy groups -OCH3 is 1. The van der Waals surface area contributed by atoms with Gasteiger partial charge in [-0.05, 0) is 41.8 Å². The highest BCUT2D eigenvalue weighted by atomic mass is 16.5. The van der Waals surface area contributed by atoms with E-state index >= 15 is 0 Å². The summed E-state index contributed by atoms with van der Waals surface area (Å²) in [6.45, 7) is 2.33. The molecule has 0 radical (unpaired) electrons. The molecule has 0 fully saturated rings. The van der Waals surface area contributed by atoms with E-state index in [0.29, 0.717) is 25.8 Å². The monoisotopic (exact) mass is 391 g/mol. The van der Waals surface area contributed by atoms with Crippen LogP contribution in [0.15, 0.2) is 48.7 Å². The Morgan fingerprint density at radius 1 is 1.24 bits per heavy atom. The first-order valence-electron chi connectivity index (χ1n) is 9.94. The first kappa shape index (κ1) is 19.1. The van der Waals surface area contributed by atoms with Crippen LogP contribution in [-0.2, 0) is 22.4 Å². The van der Waals surface area contributed by atoms with Crippen molar-refractivity contribution in [1.82, 2.24) is 10.3 Å². The second-order valence-electron chi connectivity index (χ2n) is 7.23. The van der Waals surface area contributed by atoms with Crippen LogP contribution in [0.1, 0.15) is 24.5 Å². The van der Waals surface area contributed by atoms with Crippen molar-refractivity contribution < 1.29 is 14.3 Å². The molecule has 1 aliphatic rings. The van der Waals surface area contributed by atoms with Gasteiger partial charge in [0.15, 0.2) is 0 Å². The van der Waals surface area contributed by atoms with Crippen LogP contribution in [0, 0.1) is 0 Å². The summed E-state index contributed by atoms with van der Waals surface area (Å²) in [4.78, 5) is 30.3. The fraction of sp³-hybridized carbons (Fsp3) is 0.304. The van der Waals surface area contributed by atoms with Crippen molar-refractivity contribution in [3.63, 3.8) is 0 Å². The molecule has 2 heterocycles. The van der Waals surface area contributed by atoms with Crippen LogP contribution in [0.25, 0.3) is 10.9 Å². The van der Waals surface area contributed by atoms with Gasteiger partial charge in [0.2, 0.25) is 11.8 Å². The van der Waals surface area contributed by atoms with Gasteiger partial charge in [0.05, 0.1) is 7.11 Å². The van der Waals surface area contributed by atoms with Gasteiger partial charge in [-0.3, -0.25) is 14.5 Å². The average Bonchev–Trinajstić information content (AvgIpc) is 3.34. The number of hydrogen-bond acceptors (Lipinski definition) is 3. The number of para-hydroxylation sites is 1. The van der Waals surface area contributed by atoms with Crippen LogP contribution in [0.2, 0.25) is 0 Å². The lowest BCUT2D eigenvalue weighted by Crippen LogP contribution is -2.48. The molecule has 2 aromatic carbocycles. The molecule has 0 saturated heterocycles. The minimum atomic E-state index is -0.483. The summed E-state index contributed by atoms with van der Waals surface area (Å²) < 4.78 is 5.31. The minimum absolute atomic E-state index is 0.0289. The third-order valence-corrected chi connectivity index (χ3v) is 5.52. The fourth-order valence-electron chi connectivity index (χ4n) is 4.00. The zero-order chi connectivity index (χ0) is 20.4. The Morgan fingerprint density at radius 2 is 2.07 bits per heavy atom. The van der Waals surface area contributed by atoms with Crippen molar-refractivity contribution in [2.24, 2.45) is 0 Å². The Balaban J connectivity index is 1.44. The quantitative estimate of drug-likeness (QED) is 0.678. The van der Waals surface area contributed by atoms with Gasteiger partial charge in [-0.25, -0.2) is 0 Å². The van der Waals surface area contributed by atoms with E-state index in [2.05, 4.69) is 10.3 Å². The SMILES string of the molecule is CCC(=O)N1c2ccccc2C[C@H]1C(=O)NCCc1c[nH]c2ccc(OC)cc12. The lowest BCUT2D eigenvalue weighted by molar-refractivity contribution is -0.126. The number of aromatic amines is 1. The van der Waals surface area contributed by atoms with Crippen LogP contribution in [0.4, 0.5) is 5.69 Å². The smallest absolute Gasteiger partial charge is 0.243 e. The van der Waals surface area contributed by atoms with Crippen molar-refractivity contribution in [3.8, 4) is 5.75 Å². The number of fused-ring (bicyclic) bond motifs is 2. The predicted octanol–water partition coefficient (Wildman–Crippen LogP) is 3.20. The maximum absolute atomic E-state index is 12.9. The Morgan fingerprint density at radius 3 is 2.86 bits per heavy atom. The van der Waals surface area contributed by atoms with Crippen LogP contribution in [0.5, 0.6) is 5.75 Å². The molecule has 1 aromatic heterocycles. The van der Waals surface area contributed by atoms with Gasteiger partial charge in [-0.2, -0.15) is 0 Å². The van der Waals surface area contributed by atoms with Crippen molar-refractivity contribution in [1.29, 1.82) is 0 Å². The molecule has 2 amide bonds. The summed E-state index contributed by atoms with van der Waals surface area (Å²) in [6.07, 6.45) is 3.59. The van der Waals surface area contributed by atoms with Gasteiger partial charge in [0, 0.05) is 42.2 Å². The Bertz CT molecular complexity index is 1060. The van der Waals surface area contributed by atoms with E-state index in [1.165, 1.54) is 0 Å². The van der Waals surface area contributed by atoms with E-state index in [0.717, 1.165) is 33.5 Å². The van der Waals surface area contributed by atoms with Gasteiger partial charge in [0.25, 0.3) is 0 Å². The van der Waals surface area contributed by atoms with Crippen LogP contribution >= 0.6 is 0 Å². The van der Waals surface area contributed by atoms with Gasteiger partial charge in [-0.1, -0.05) is 25.1 Å². The third kappa shape index (κ3) is 3.58. The van der Waals surface area contributed by atoms with E-state index in [9.17, 15) is 9.59 Å². The van der Waals surface area contributed by atoms with Crippen molar-refractivity contribution in [2.45, 2.75) is 32.2 Å². The average molecular weight is 391 g/mol. The standard InChI is InChI=1S/C23H25N3O3/c1-3-22(27)26-20-7-5-4-6-15(20)12-21(26)23(28)24-11-10-16-14-25-19-9-8-17(29-2)13-18(16)19/h4-9,13-14,21,25H,3,10-12H2,1-2H3,(H,24,28)/t21-/m0/s1. The number of nitrogens with one attached hydrogen (secondary N) is 2. The number of benzene rings is 2. The Hall–Kier alpha value is -3.28. The molecule has 0 saturated carbocycles. The molecule has 2 N–H and O–H groups in total. The molecule has 4 rings (SSSR count). The summed E-state index contributed by atoms with van der Waals surface area (Å²) in [5, 5.41) is 4.11. The number of amides is 2. The molecule has 29 heavy (non-hydrogen) atoms. The van der Waals surface area contributed by atoms with Gasteiger partial charge < -0.3 is 15.0 Å². The molecular weight excluding hydrogens is 366 g/mol. The van der Waals surface area contributed by atoms with E-state index in [1.54, 1.807) is 12.0 Å². The number of rotatable bonds is 6. The van der Waals surface area contributed by atoms with Crippen molar-refractivity contribution in [3.05, 3.63) is 59.8 Å². The fourth-order valence-corrected chi connectivity index (χ4v) is 4.00. The highest BCUT2D eigenvalue weighted by Gasteiger charge is 2.37. The van der Waals surface area contributed by atoms with Crippen molar-refractivity contribution in [2.75, 3.05) is 18.6 Å². The van der Waals surface area contributed by atoms with Crippen molar-refractivity contribution >= 4 is 28.4 Å². The zero-order valence-electron chi connectivity index (χ0n) is 16.7. The molecule has 0 spiro atoms. The summed E-state index contributed by atoms with van der Waals surface area (Å²) in [6, 6.07) is 13.2. The summed E-state index contributed by atoms with van der Waals surface area (Å²) in [5.41, 5.74) is 4.05. The second-order valence-corrected chi connectivity index (χ2v) is 7.23. The zero-order valence-corrected chi connectivity index (χ0v) is 16.7. The van der Waals surface area contributed by atoms with Crippen LogP contribution in [0.3, 0.4) is 0 Å². The molecular formula is C23H25N3O3. The molecule has 0 aliphatic carbocycles. The topological polar surface area (TPSA) is 74.4 Å². The van der Waals surface area contributed by atoms with E-state index in [-0.39, 0.29) is 11.8 Å². The number of anilines is 1. The van der Waals surface area contributed by atoms with E-state index in [4.69, 9.17) is 4.74 Å². The molecule has 0 bridgehead atoms. The molecule has 1 aliphatic heterocycles. The highest BCUT2D eigenvalue weighted by molar-refractivity contribution is 6.03. The molecule has 6 heteroatoms. The molecule has 3 aromatic rings. The number of H-pyrrole nitrogens is 1. The number of aromatic nitrogens is 1. The van der Waals surface area contributed by atoms with Crippen LogP contribution in [-0.4, -0.2) is 36.5 Å². The number of carbonyl (C=O) groups excluding carboxylic acids is 2. The molecule has 1 atom stereocenters. The minimum Gasteiger partial charge on any atom is -0.497 e. The summed E-state index contributed by atoms with van der Waals surface area (Å²) in [5.74, 6) is 0.666. The van der Waals surface area contributed by atoms with Crippen LogP contribution < -0.4 is 15.0 Å². The lowest BCUT2D eigenvalue weighted by Gasteiger charge is -2.24. The normalized spacial score (nSPS) is 15.4. The van der Waals surface area contributed by atoms with Gasteiger partial charge >= 0.3 is 0 Å². The summed E-state index contributed by atoms with van der Waals surface area (Å²) >= 11 is 0. The summed E-state index contributed by atoms with van der Waals surface area (Å²) in [7, 11) is 1.65. The second kappa shape index (κ2) is 7.99. The largest absolute Gasteiger partial charge is 0.497 e. The maximum Gasteiger partial charge on any atom is 0.243 e. The predicted molar refractivity (Wildman–Crippen MR) is 113 cm³/mol. The maximum atomic E-state index is 12.9. The third-order valence-electron chi connectivity index (χ3n) is 5.52. The lowest BCUT2D eigenvalue weighted by atomic mass is 10.1. The molecule has 150 valence electrons. The van der Waals surface area contributed by atoms with E-state index in [1.807, 2.05) is 55.6 Å². The van der Waals surface area contributed by atoms with Gasteiger partial charge in [0.1, 0.15) is 11.8 Å². The molecule has 0 unspecified atom stereocenters. The Labute approximate surface area is 169 Å². The Kier molecular flexibility index (Phi) is 5.25. The number of carbonyl (C=O) groups is 2. The number of hydrogen-bond donors (Lipinski definition) is 2.